The summed E-state index contributed by atoms with van der Waals surface area (Å²) in [5, 5.41) is 20.5. The van der Waals surface area contributed by atoms with E-state index in [-0.39, 0.29) is 30.1 Å². The smallest absolute Gasteiger partial charge is 0.290 e. The molecule has 1 atom stereocenters. The molecule has 0 saturated carbocycles. The second-order valence-corrected chi connectivity index (χ2v) is 8.53. The molecule has 0 saturated heterocycles. The summed E-state index contributed by atoms with van der Waals surface area (Å²) < 4.78 is 0. The Labute approximate surface area is 193 Å². The molecule has 33 heavy (non-hydrogen) atoms. The van der Waals surface area contributed by atoms with Gasteiger partial charge < -0.3 is 15.1 Å². The molecule has 4 rings (SSSR count). The van der Waals surface area contributed by atoms with Crippen molar-refractivity contribution >= 4 is 11.7 Å². The van der Waals surface area contributed by atoms with Gasteiger partial charge in [-0.1, -0.05) is 66.2 Å². The first-order valence-electron chi connectivity index (χ1n) is 11.0. The summed E-state index contributed by atoms with van der Waals surface area (Å²) in [7, 11) is 0. The van der Waals surface area contributed by atoms with E-state index in [2.05, 4.69) is 0 Å². The Morgan fingerprint density at radius 2 is 1.64 bits per heavy atom. The molecular weight excluding hydrogens is 414 g/mol. The van der Waals surface area contributed by atoms with Crippen molar-refractivity contribution in [2.75, 3.05) is 0 Å². The number of hydrogen-bond acceptors (Lipinski definition) is 4. The highest BCUT2D eigenvalue weighted by Gasteiger charge is 2.43. The number of aryl methyl sites for hydroxylation is 3. The highest BCUT2D eigenvalue weighted by molar-refractivity contribution is 6.09. The van der Waals surface area contributed by atoms with Crippen LogP contribution in [0.5, 0.6) is 5.75 Å². The van der Waals surface area contributed by atoms with Crippen LogP contribution in [0.1, 0.15) is 40.3 Å². The Morgan fingerprint density at radius 3 is 2.33 bits per heavy atom. The van der Waals surface area contributed by atoms with Crippen molar-refractivity contribution in [2.24, 2.45) is 0 Å². The highest BCUT2D eigenvalue weighted by Crippen LogP contribution is 2.40. The number of carbonyl (C=O) groups excluding carboxylic acids is 2. The van der Waals surface area contributed by atoms with Crippen LogP contribution in [0.2, 0.25) is 0 Å². The molecule has 3 aromatic rings. The highest BCUT2D eigenvalue weighted by atomic mass is 16.3. The minimum absolute atomic E-state index is 0.0920. The molecule has 0 fully saturated rings. The molecule has 1 unspecified atom stereocenters. The number of amides is 1. The number of aliphatic hydroxyl groups is 1. The monoisotopic (exact) mass is 441 g/mol. The van der Waals surface area contributed by atoms with E-state index < -0.39 is 17.7 Å². The number of carbonyl (C=O) groups is 2. The van der Waals surface area contributed by atoms with Crippen molar-refractivity contribution in [1.82, 2.24) is 4.90 Å². The molecule has 1 aliphatic rings. The number of aromatic hydroxyl groups is 1. The standard InChI is InChI=1S/C28H27NO4/c1-18-8-9-19(2)22(16-18)17-29-26(21-11-13-23(30)14-12-21)25(27(32)28(29)33)24(31)15-10-20-6-4-3-5-7-20/h3-9,11-14,16,26,30,32H,10,15,17H2,1-2H3. The number of phenols is 1. The molecule has 3 aromatic carbocycles. The number of aliphatic hydroxyl groups excluding tert-OH is 1. The van der Waals surface area contributed by atoms with E-state index in [0.29, 0.717) is 12.0 Å². The number of ketones is 1. The number of benzene rings is 3. The third-order valence-corrected chi connectivity index (χ3v) is 6.14. The van der Waals surface area contributed by atoms with Gasteiger partial charge >= 0.3 is 0 Å². The lowest BCUT2D eigenvalue weighted by Gasteiger charge is -2.28. The third-order valence-electron chi connectivity index (χ3n) is 6.14. The zero-order chi connectivity index (χ0) is 23.5. The lowest BCUT2D eigenvalue weighted by Crippen LogP contribution is -2.31. The fourth-order valence-corrected chi connectivity index (χ4v) is 4.30. The van der Waals surface area contributed by atoms with Crippen LogP contribution in [0.25, 0.3) is 0 Å². The average Bonchev–Trinajstić information content (AvgIpc) is 3.06. The lowest BCUT2D eigenvalue weighted by atomic mass is 9.93. The van der Waals surface area contributed by atoms with Crippen LogP contribution in [-0.4, -0.2) is 26.8 Å². The van der Waals surface area contributed by atoms with Gasteiger partial charge in [0, 0.05) is 13.0 Å². The Bertz CT molecular complexity index is 1210. The van der Waals surface area contributed by atoms with E-state index >= 15 is 0 Å². The topological polar surface area (TPSA) is 77.8 Å². The molecule has 0 radical (unpaired) electrons. The summed E-state index contributed by atoms with van der Waals surface area (Å²) in [6.45, 7) is 4.22. The van der Waals surface area contributed by atoms with Crippen molar-refractivity contribution in [3.8, 4) is 5.75 Å². The molecule has 0 aliphatic carbocycles. The first-order chi connectivity index (χ1) is 15.8. The van der Waals surface area contributed by atoms with Crippen LogP contribution in [0, 0.1) is 13.8 Å². The minimum Gasteiger partial charge on any atom is -0.508 e. The fraction of sp³-hybridized carbons (Fsp3) is 0.214. The fourth-order valence-electron chi connectivity index (χ4n) is 4.30. The van der Waals surface area contributed by atoms with Gasteiger partial charge in [-0.3, -0.25) is 9.59 Å². The zero-order valence-electron chi connectivity index (χ0n) is 18.8. The summed E-state index contributed by atoms with van der Waals surface area (Å²) in [6.07, 6.45) is 0.701. The second kappa shape index (κ2) is 9.33. The minimum atomic E-state index is -0.721. The van der Waals surface area contributed by atoms with E-state index in [1.807, 2.05) is 62.4 Å². The van der Waals surface area contributed by atoms with Crippen molar-refractivity contribution in [1.29, 1.82) is 0 Å². The Hall–Kier alpha value is -3.86. The molecule has 0 spiro atoms. The Kier molecular flexibility index (Phi) is 6.31. The first-order valence-corrected chi connectivity index (χ1v) is 11.0. The Morgan fingerprint density at radius 1 is 0.939 bits per heavy atom. The maximum absolute atomic E-state index is 13.3. The molecule has 0 aromatic heterocycles. The van der Waals surface area contributed by atoms with Gasteiger partial charge in [-0.25, -0.2) is 0 Å². The van der Waals surface area contributed by atoms with Crippen LogP contribution < -0.4 is 0 Å². The van der Waals surface area contributed by atoms with Crippen LogP contribution in [0.3, 0.4) is 0 Å². The summed E-state index contributed by atoms with van der Waals surface area (Å²) in [4.78, 5) is 28.0. The quantitative estimate of drug-likeness (QED) is 0.534. The summed E-state index contributed by atoms with van der Waals surface area (Å²) in [5.74, 6) is -1.21. The predicted molar refractivity (Wildman–Crippen MR) is 127 cm³/mol. The van der Waals surface area contributed by atoms with Crippen LogP contribution in [0.15, 0.2) is 84.1 Å². The molecule has 5 nitrogen and oxygen atoms in total. The number of rotatable bonds is 7. The van der Waals surface area contributed by atoms with Gasteiger partial charge in [-0.15, -0.1) is 0 Å². The lowest BCUT2D eigenvalue weighted by molar-refractivity contribution is -0.130. The molecule has 5 heteroatoms. The van der Waals surface area contributed by atoms with Crippen molar-refractivity contribution in [2.45, 2.75) is 39.3 Å². The molecule has 1 heterocycles. The van der Waals surface area contributed by atoms with E-state index in [1.165, 1.54) is 12.1 Å². The van der Waals surface area contributed by atoms with E-state index in [4.69, 9.17) is 0 Å². The predicted octanol–water partition coefficient (Wildman–Crippen LogP) is 5.11. The number of hydrogen-bond donors (Lipinski definition) is 2. The number of phenolic OH excluding ortho intramolecular Hbond substituents is 1. The molecule has 2 N–H and O–H groups in total. The van der Waals surface area contributed by atoms with Gasteiger partial charge in [0.25, 0.3) is 5.91 Å². The summed E-state index contributed by atoms with van der Waals surface area (Å²) in [6, 6.07) is 21.4. The third kappa shape index (κ3) is 4.67. The van der Waals surface area contributed by atoms with Crippen LogP contribution >= 0.6 is 0 Å². The molecule has 0 bridgehead atoms. The number of nitrogens with zero attached hydrogens (tertiary/aromatic N) is 1. The van der Waals surface area contributed by atoms with Crippen LogP contribution in [0.4, 0.5) is 0 Å². The SMILES string of the molecule is Cc1ccc(C)c(CN2C(=O)C(O)=C(C(=O)CCc3ccccc3)C2c2ccc(O)cc2)c1. The Balaban J connectivity index is 1.69. The summed E-state index contributed by atoms with van der Waals surface area (Å²) in [5.41, 5.74) is 4.85. The molecular formula is C28H27NO4. The first kappa shape index (κ1) is 22.3. The van der Waals surface area contributed by atoms with Crippen LogP contribution in [-0.2, 0) is 22.6 Å². The normalized spacial score (nSPS) is 15.9. The van der Waals surface area contributed by atoms with Gasteiger partial charge in [0.1, 0.15) is 5.75 Å². The van der Waals surface area contributed by atoms with Crippen molar-refractivity contribution in [3.05, 3.63) is 112 Å². The van der Waals surface area contributed by atoms with Gasteiger partial charge in [0.2, 0.25) is 0 Å². The zero-order valence-corrected chi connectivity index (χ0v) is 18.8. The van der Waals surface area contributed by atoms with Crippen molar-refractivity contribution in [3.63, 3.8) is 0 Å². The molecule has 1 aliphatic heterocycles. The molecule has 1 amide bonds. The van der Waals surface area contributed by atoms with E-state index in [1.54, 1.807) is 17.0 Å². The maximum atomic E-state index is 13.3. The summed E-state index contributed by atoms with van der Waals surface area (Å²) >= 11 is 0. The van der Waals surface area contributed by atoms with Gasteiger partial charge in [0.05, 0.1) is 11.6 Å². The van der Waals surface area contributed by atoms with E-state index in [9.17, 15) is 19.8 Å². The van der Waals surface area contributed by atoms with Gasteiger partial charge in [-0.05, 0) is 54.7 Å². The largest absolute Gasteiger partial charge is 0.508 e. The second-order valence-electron chi connectivity index (χ2n) is 8.53. The maximum Gasteiger partial charge on any atom is 0.290 e. The molecule has 168 valence electrons. The average molecular weight is 442 g/mol. The van der Waals surface area contributed by atoms with E-state index in [0.717, 1.165) is 22.3 Å². The van der Waals surface area contributed by atoms with Crippen molar-refractivity contribution < 1.29 is 19.8 Å². The van der Waals surface area contributed by atoms with Gasteiger partial charge in [-0.2, -0.15) is 0 Å². The number of Topliss-reactive ketones (excluding diaryl/α,β-unsaturated/α-hetero) is 1. The van der Waals surface area contributed by atoms with Gasteiger partial charge in [0.15, 0.2) is 11.5 Å².